The van der Waals surface area contributed by atoms with Crippen LogP contribution in [-0.4, -0.2) is 12.6 Å². The molecule has 0 radical (unpaired) electrons. The molecule has 0 fully saturated rings. The fourth-order valence-corrected chi connectivity index (χ4v) is 2.06. The lowest BCUT2D eigenvalue weighted by Crippen LogP contribution is -2.06. The Morgan fingerprint density at radius 1 is 0.857 bits per heavy atom. The van der Waals surface area contributed by atoms with Gasteiger partial charge in [-0.15, -0.1) is 0 Å². The first kappa shape index (κ1) is 17.5. The highest BCUT2D eigenvalue weighted by Crippen LogP contribution is 2.18. The molecule has 0 aliphatic rings. The van der Waals surface area contributed by atoms with E-state index in [4.69, 9.17) is 9.47 Å². The van der Waals surface area contributed by atoms with E-state index in [2.05, 4.69) is 6.92 Å². The Morgan fingerprint density at radius 3 is 2.14 bits per heavy atom. The maximum Gasteiger partial charge on any atom is 0.311 e. The van der Waals surface area contributed by atoms with Crippen LogP contribution in [0.15, 0.2) is 24.3 Å². The summed E-state index contributed by atoms with van der Waals surface area (Å²) in [6.07, 6.45) is 8.82. The highest BCUT2D eigenvalue weighted by molar-refractivity contribution is 5.72. The monoisotopic (exact) mass is 292 g/mol. The minimum Gasteiger partial charge on any atom is -0.494 e. The third kappa shape index (κ3) is 8.38. The van der Waals surface area contributed by atoms with E-state index in [1.807, 2.05) is 19.1 Å². The Kier molecular flexibility index (Phi) is 9.34. The predicted octanol–water partition coefficient (Wildman–Crippen LogP) is 5.13. The average molecular weight is 292 g/mol. The molecule has 0 saturated heterocycles. The van der Waals surface area contributed by atoms with Gasteiger partial charge in [-0.1, -0.05) is 46.0 Å². The number of hydrogen-bond donors (Lipinski definition) is 0. The minimum atomic E-state index is -0.182. The number of ether oxygens (including phenoxy) is 2. The molecular weight excluding hydrogens is 264 g/mol. The van der Waals surface area contributed by atoms with Crippen molar-refractivity contribution in [3.05, 3.63) is 24.3 Å². The Morgan fingerprint density at radius 2 is 1.48 bits per heavy atom. The molecule has 3 heteroatoms. The summed E-state index contributed by atoms with van der Waals surface area (Å²) in [4.78, 5) is 11.4. The van der Waals surface area contributed by atoms with E-state index in [9.17, 15) is 4.79 Å². The normalized spacial score (nSPS) is 10.4. The summed E-state index contributed by atoms with van der Waals surface area (Å²) in [6.45, 7) is 4.94. The van der Waals surface area contributed by atoms with E-state index in [1.165, 1.54) is 32.1 Å². The highest BCUT2D eigenvalue weighted by atomic mass is 16.5. The zero-order chi connectivity index (χ0) is 15.3. The molecule has 0 heterocycles. The molecule has 0 saturated carbocycles. The maximum absolute atomic E-state index is 11.4. The van der Waals surface area contributed by atoms with Crippen LogP contribution in [0, 0.1) is 0 Å². The average Bonchev–Trinajstić information content (AvgIpc) is 2.48. The first-order chi connectivity index (χ1) is 10.3. The Bertz CT molecular complexity index is 384. The van der Waals surface area contributed by atoms with Crippen LogP contribution in [0.25, 0.3) is 0 Å². The van der Waals surface area contributed by atoms with Crippen molar-refractivity contribution in [1.29, 1.82) is 0 Å². The SMILES string of the molecule is CCCCCCCCOc1ccc(OC(=O)CCC)cc1. The Hall–Kier alpha value is -1.51. The van der Waals surface area contributed by atoms with Crippen molar-refractivity contribution in [2.24, 2.45) is 0 Å². The molecule has 0 aliphatic carbocycles. The lowest BCUT2D eigenvalue weighted by molar-refractivity contribution is -0.134. The van der Waals surface area contributed by atoms with Crippen molar-refractivity contribution >= 4 is 5.97 Å². The van der Waals surface area contributed by atoms with Crippen LogP contribution in [0.1, 0.15) is 65.2 Å². The van der Waals surface area contributed by atoms with Gasteiger partial charge in [-0.25, -0.2) is 0 Å². The molecule has 21 heavy (non-hydrogen) atoms. The van der Waals surface area contributed by atoms with Gasteiger partial charge in [0.05, 0.1) is 6.61 Å². The summed E-state index contributed by atoms with van der Waals surface area (Å²) < 4.78 is 10.9. The molecule has 1 aromatic rings. The highest BCUT2D eigenvalue weighted by Gasteiger charge is 2.03. The van der Waals surface area contributed by atoms with E-state index < -0.39 is 0 Å². The van der Waals surface area contributed by atoms with E-state index in [1.54, 1.807) is 12.1 Å². The predicted molar refractivity (Wildman–Crippen MR) is 85.9 cm³/mol. The number of benzene rings is 1. The summed E-state index contributed by atoms with van der Waals surface area (Å²) in [5.41, 5.74) is 0. The molecule has 0 atom stereocenters. The number of carbonyl (C=O) groups is 1. The van der Waals surface area contributed by atoms with Crippen molar-refractivity contribution in [1.82, 2.24) is 0 Å². The molecular formula is C18H28O3. The summed E-state index contributed by atoms with van der Waals surface area (Å²) >= 11 is 0. The van der Waals surface area contributed by atoms with Gasteiger partial charge in [-0.05, 0) is 37.1 Å². The van der Waals surface area contributed by atoms with Gasteiger partial charge in [0.2, 0.25) is 0 Å². The maximum atomic E-state index is 11.4. The van der Waals surface area contributed by atoms with Gasteiger partial charge in [-0.3, -0.25) is 4.79 Å². The van der Waals surface area contributed by atoms with Crippen LogP contribution in [0.2, 0.25) is 0 Å². The summed E-state index contributed by atoms with van der Waals surface area (Å²) in [5.74, 6) is 1.23. The van der Waals surface area contributed by atoms with Crippen LogP contribution in [0.3, 0.4) is 0 Å². The number of hydrogen-bond acceptors (Lipinski definition) is 3. The third-order valence-corrected chi connectivity index (χ3v) is 3.28. The van der Waals surface area contributed by atoms with Crippen molar-refractivity contribution in [3.8, 4) is 11.5 Å². The van der Waals surface area contributed by atoms with Crippen molar-refractivity contribution in [2.45, 2.75) is 65.2 Å². The van der Waals surface area contributed by atoms with E-state index in [-0.39, 0.29) is 5.97 Å². The number of carbonyl (C=O) groups excluding carboxylic acids is 1. The van der Waals surface area contributed by atoms with Crippen LogP contribution in [-0.2, 0) is 4.79 Å². The van der Waals surface area contributed by atoms with Crippen LogP contribution in [0.4, 0.5) is 0 Å². The topological polar surface area (TPSA) is 35.5 Å². The fraction of sp³-hybridized carbons (Fsp3) is 0.611. The van der Waals surface area contributed by atoms with Gasteiger partial charge >= 0.3 is 5.97 Å². The largest absolute Gasteiger partial charge is 0.494 e. The fourth-order valence-electron chi connectivity index (χ4n) is 2.06. The molecule has 0 aromatic heterocycles. The summed E-state index contributed by atoms with van der Waals surface area (Å²) in [7, 11) is 0. The second kappa shape index (κ2) is 11.2. The summed E-state index contributed by atoms with van der Waals surface area (Å²) in [5, 5.41) is 0. The molecule has 1 aromatic carbocycles. The Balaban J connectivity index is 2.17. The molecule has 0 amide bonds. The first-order valence-corrected chi connectivity index (χ1v) is 8.19. The second-order valence-corrected chi connectivity index (χ2v) is 5.31. The van der Waals surface area contributed by atoms with E-state index >= 15 is 0 Å². The van der Waals surface area contributed by atoms with Crippen LogP contribution < -0.4 is 9.47 Å². The molecule has 0 unspecified atom stereocenters. The lowest BCUT2D eigenvalue weighted by Gasteiger charge is -2.07. The van der Waals surface area contributed by atoms with Gasteiger partial charge in [0.1, 0.15) is 11.5 Å². The molecule has 1 rings (SSSR count). The summed E-state index contributed by atoms with van der Waals surface area (Å²) in [6, 6.07) is 7.27. The van der Waals surface area contributed by atoms with E-state index in [0.29, 0.717) is 12.2 Å². The van der Waals surface area contributed by atoms with E-state index in [0.717, 1.165) is 25.2 Å². The number of unbranched alkanes of at least 4 members (excludes halogenated alkanes) is 5. The van der Waals surface area contributed by atoms with Crippen molar-refractivity contribution in [3.63, 3.8) is 0 Å². The van der Waals surface area contributed by atoms with Gasteiger partial charge < -0.3 is 9.47 Å². The van der Waals surface area contributed by atoms with Gasteiger partial charge in [-0.2, -0.15) is 0 Å². The molecule has 0 aliphatic heterocycles. The number of rotatable bonds is 11. The quantitative estimate of drug-likeness (QED) is 0.322. The zero-order valence-electron chi connectivity index (χ0n) is 13.4. The first-order valence-electron chi connectivity index (χ1n) is 8.19. The second-order valence-electron chi connectivity index (χ2n) is 5.31. The smallest absolute Gasteiger partial charge is 0.311 e. The minimum absolute atomic E-state index is 0.182. The van der Waals surface area contributed by atoms with Gasteiger partial charge in [0, 0.05) is 6.42 Å². The molecule has 3 nitrogen and oxygen atoms in total. The molecule has 118 valence electrons. The van der Waals surface area contributed by atoms with Gasteiger partial charge in [0.15, 0.2) is 0 Å². The lowest BCUT2D eigenvalue weighted by atomic mass is 10.1. The molecule has 0 bridgehead atoms. The van der Waals surface area contributed by atoms with Crippen molar-refractivity contribution < 1.29 is 14.3 Å². The van der Waals surface area contributed by atoms with Crippen LogP contribution >= 0.6 is 0 Å². The zero-order valence-corrected chi connectivity index (χ0v) is 13.4. The standard InChI is InChI=1S/C18H28O3/c1-3-5-6-7-8-9-15-20-16-11-13-17(14-12-16)21-18(19)10-4-2/h11-14H,3-10,15H2,1-2H3. The van der Waals surface area contributed by atoms with Gasteiger partial charge in [0.25, 0.3) is 0 Å². The Labute approximate surface area is 128 Å². The third-order valence-electron chi connectivity index (χ3n) is 3.28. The molecule has 0 spiro atoms. The van der Waals surface area contributed by atoms with Crippen molar-refractivity contribution in [2.75, 3.05) is 6.61 Å². The number of esters is 1. The van der Waals surface area contributed by atoms with Crippen LogP contribution in [0.5, 0.6) is 11.5 Å². The molecule has 0 N–H and O–H groups in total.